The summed E-state index contributed by atoms with van der Waals surface area (Å²) in [6.45, 7) is 4.11. The van der Waals surface area contributed by atoms with Crippen molar-refractivity contribution >= 4 is 23.2 Å². The Morgan fingerprint density at radius 2 is 2.16 bits per heavy atom. The average molecular weight is 281 g/mol. The zero-order valence-corrected chi connectivity index (χ0v) is 12.0. The van der Waals surface area contributed by atoms with Crippen LogP contribution in [-0.2, 0) is 4.79 Å². The van der Waals surface area contributed by atoms with Gasteiger partial charge in [-0.2, -0.15) is 0 Å². The highest BCUT2D eigenvalue weighted by Gasteiger charge is 2.29. The van der Waals surface area contributed by atoms with Crippen LogP contribution in [0.4, 0.5) is 0 Å². The summed E-state index contributed by atoms with van der Waals surface area (Å²) in [5.74, 6) is -0.895. The lowest BCUT2D eigenvalue weighted by atomic mass is 10.0. The second kappa shape index (κ2) is 5.74. The topological polar surface area (TPSA) is 66.4 Å². The number of rotatable bonds is 6. The first-order valence-electron chi connectivity index (χ1n) is 6.54. The maximum Gasteiger partial charge on any atom is 0.308 e. The van der Waals surface area contributed by atoms with E-state index >= 15 is 0 Å². The smallest absolute Gasteiger partial charge is 0.308 e. The summed E-state index contributed by atoms with van der Waals surface area (Å²) >= 11 is 1.54. The maximum atomic E-state index is 12.0. The molecule has 1 amide bonds. The SMILES string of the molecule is Cc1scc(C(=O)NCC(CC2CC2)C(=O)O)c1C. The third kappa shape index (κ3) is 3.56. The van der Waals surface area contributed by atoms with Crippen molar-refractivity contribution in [1.82, 2.24) is 5.32 Å². The van der Waals surface area contributed by atoms with Gasteiger partial charge in [0.15, 0.2) is 0 Å². The first-order chi connectivity index (χ1) is 8.99. The lowest BCUT2D eigenvalue weighted by molar-refractivity contribution is -0.141. The number of nitrogens with one attached hydrogen (secondary N) is 1. The van der Waals surface area contributed by atoms with Crippen molar-refractivity contribution in [3.05, 3.63) is 21.4 Å². The highest BCUT2D eigenvalue weighted by molar-refractivity contribution is 7.10. The van der Waals surface area contributed by atoms with E-state index in [0.29, 0.717) is 17.9 Å². The van der Waals surface area contributed by atoms with Gasteiger partial charge in [-0.1, -0.05) is 12.8 Å². The van der Waals surface area contributed by atoms with Crippen molar-refractivity contribution in [1.29, 1.82) is 0 Å². The highest BCUT2D eigenvalue weighted by atomic mass is 32.1. The minimum Gasteiger partial charge on any atom is -0.481 e. The third-order valence-corrected chi connectivity index (χ3v) is 4.72. The molecule has 0 aliphatic heterocycles. The third-order valence-electron chi connectivity index (χ3n) is 3.70. The van der Waals surface area contributed by atoms with E-state index in [9.17, 15) is 9.59 Å². The second-order valence-electron chi connectivity index (χ2n) is 5.25. The van der Waals surface area contributed by atoms with Gasteiger partial charge in [0.1, 0.15) is 0 Å². The fourth-order valence-electron chi connectivity index (χ4n) is 2.08. The van der Waals surface area contributed by atoms with E-state index < -0.39 is 11.9 Å². The van der Waals surface area contributed by atoms with E-state index in [-0.39, 0.29) is 12.5 Å². The van der Waals surface area contributed by atoms with Crippen LogP contribution in [0.5, 0.6) is 0 Å². The summed E-state index contributed by atoms with van der Waals surface area (Å²) in [5.41, 5.74) is 1.65. The van der Waals surface area contributed by atoms with Crippen LogP contribution in [0.2, 0.25) is 0 Å². The molecule has 0 saturated heterocycles. The summed E-state index contributed by atoms with van der Waals surface area (Å²) in [5, 5.41) is 13.7. The predicted molar refractivity (Wildman–Crippen MR) is 74.6 cm³/mol. The van der Waals surface area contributed by atoms with Crippen LogP contribution >= 0.6 is 11.3 Å². The molecule has 0 spiro atoms. The number of aryl methyl sites for hydroxylation is 1. The van der Waals surface area contributed by atoms with Crippen molar-refractivity contribution < 1.29 is 14.7 Å². The Hall–Kier alpha value is -1.36. The summed E-state index contributed by atoms with van der Waals surface area (Å²) in [6.07, 6.45) is 2.93. The minimum absolute atomic E-state index is 0.163. The zero-order valence-electron chi connectivity index (χ0n) is 11.2. The Bertz CT molecular complexity index is 491. The molecule has 1 fully saturated rings. The van der Waals surface area contributed by atoms with Gasteiger partial charge in [-0.3, -0.25) is 9.59 Å². The van der Waals surface area contributed by atoms with Crippen molar-refractivity contribution in [3.63, 3.8) is 0 Å². The molecule has 0 bridgehead atoms. The largest absolute Gasteiger partial charge is 0.481 e. The molecule has 1 saturated carbocycles. The molecule has 1 aliphatic rings. The number of carboxylic acid groups (broad SMARTS) is 1. The number of carboxylic acids is 1. The molecule has 0 aromatic carbocycles. The van der Waals surface area contributed by atoms with Crippen molar-refractivity contribution in [2.75, 3.05) is 6.54 Å². The average Bonchev–Trinajstić information content (AvgIpc) is 3.11. The first kappa shape index (κ1) is 14.1. The van der Waals surface area contributed by atoms with E-state index in [1.54, 1.807) is 11.3 Å². The molecule has 1 aliphatic carbocycles. The number of amides is 1. The molecule has 5 heteroatoms. The molecule has 2 rings (SSSR count). The van der Waals surface area contributed by atoms with Crippen molar-refractivity contribution in [3.8, 4) is 0 Å². The summed E-state index contributed by atoms with van der Waals surface area (Å²) in [6, 6.07) is 0. The number of carbonyl (C=O) groups excluding carboxylic acids is 1. The second-order valence-corrected chi connectivity index (χ2v) is 6.34. The predicted octanol–water partition coefficient (Wildman–Crippen LogP) is 2.60. The highest BCUT2D eigenvalue weighted by Crippen LogP contribution is 2.35. The molecule has 1 atom stereocenters. The van der Waals surface area contributed by atoms with Crippen LogP contribution in [-0.4, -0.2) is 23.5 Å². The van der Waals surface area contributed by atoms with Crippen LogP contribution in [0.1, 0.15) is 40.1 Å². The van der Waals surface area contributed by atoms with E-state index in [1.807, 2.05) is 19.2 Å². The quantitative estimate of drug-likeness (QED) is 0.842. The van der Waals surface area contributed by atoms with Gasteiger partial charge in [-0.25, -0.2) is 0 Å². The Balaban J connectivity index is 1.91. The molecule has 19 heavy (non-hydrogen) atoms. The molecule has 2 N–H and O–H groups in total. The Morgan fingerprint density at radius 3 is 2.63 bits per heavy atom. The van der Waals surface area contributed by atoms with Crippen LogP contribution in [0, 0.1) is 25.7 Å². The van der Waals surface area contributed by atoms with E-state index in [1.165, 1.54) is 0 Å². The van der Waals surface area contributed by atoms with Crippen LogP contribution < -0.4 is 5.32 Å². The van der Waals surface area contributed by atoms with Gasteiger partial charge in [-0.15, -0.1) is 11.3 Å². The molecular weight excluding hydrogens is 262 g/mol. The Morgan fingerprint density at radius 1 is 1.47 bits per heavy atom. The van der Waals surface area contributed by atoms with Crippen molar-refractivity contribution in [2.45, 2.75) is 33.1 Å². The van der Waals surface area contributed by atoms with Gasteiger partial charge in [0, 0.05) is 16.8 Å². The molecule has 1 heterocycles. The molecule has 1 aromatic rings. The molecule has 4 nitrogen and oxygen atoms in total. The maximum absolute atomic E-state index is 12.0. The molecular formula is C14H19NO3S. The van der Waals surface area contributed by atoms with Gasteiger partial charge in [0.05, 0.1) is 11.5 Å². The van der Waals surface area contributed by atoms with E-state index in [0.717, 1.165) is 23.3 Å². The van der Waals surface area contributed by atoms with E-state index in [4.69, 9.17) is 5.11 Å². The molecule has 1 unspecified atom stereocenters. The summed E-state index contributed by atoms with van der Waals surface area (Å²) < 4.78 is 0. The zero-order chi connectivity index (χ0) is 14.0. The number of hydrogen-bond donors (Lipinski definition) is 2. The number of aliphatic carboxylic acids is 1. The summed E-state index contributed by atoms with van der Waals surface area (Å²) in [4.78, 5) is 24.3. The normalized spacial score (nSPS) is 16.1. The van der Waals surface area contributed by atoms with Gasteiger partial charge in [-0.05, 0) is 31.7 Å². The van der Waals surface area contributed by atoms with Gasteiger partial charge in [0.25, 0.3) is 5.91 Å². The molecule has 1 aromatic heterocycles. The number of carbonyl (C=O) groups is 2. The molecule has 104 valence electrons. The number of thiophene rings is 1. The summed E-state index contributed by atoms with van der Waals surface area (Å²) in [7, 11) is 0. The lowest BCUT2D eigenvalue weighted by Crippen LogP contribution is -2.33. The first-order valence-corrected chi connectivity index (χ1v) is 7.42. The Labute approximate surface area is 116 Å². The van der Waals surface area contributed by atoms with Crippen LogP contribution in [0.25, 0.3) is 0 Å². The fourth-order valence-corrected chi connectivity index (χ4v) is 2.94. The Kier molecular flexibility index (Phi) is 4.24. The number of hydrogen-bond acceptors (Lipinski definition) is 3. The van der Waals surface area contributed by atoms with Gasteiger partial charge < -0.3 is 10.4 Å². The monoisotopic (exact) mass is 281 g/mol. The fraction of sp³-hybridized carbons (Fsp3) is 0.571. The van der Waals surface area contributed by atoms with Gasteiger partial charge >= 0.3 is 5.97 Å². The van der Waals surface area contributed by atoms with Gasteiger partial charge in [0.2, 0.25) is 0 Å². The van der Waals surface area contributed by atoms with Crippen LogP contribution in [0.3, 0.4) is 0 Å². The van der Waals surface area contributed by atoms with Crippen molar-refractivity contribution in [2.24, 2.45) is 11.8 Å². The van der Waals surface area contributed by atoms with E-state index in [2.05, 4.69) is 5.32 Å². The minimum atomic E-state index is -0.814. The lowest BCUT2D eigenvalue weighted by Gasteiger charge is -2.12. The molecule has 0 radical (unpaired) electrons. The van der Waals surface area contributed by atoms with Crippen LogP contribution in [0.15, 0.2) is 5.38 Å². The standard InChI is InChI=1S/C14H19NO3S/c1-8-9(2)19-7-12(8)13(16)15-6-11(14(17)18)5-10-3-4-10/h7,10-11H,3-6H2,1-2H3,(H,15,16)(H,17,18).